The minimum Gasteiger partial charge on any atom is -0.295 e. The summed E-state index contributed by atoms with van der Waals surface area (Å²) >= 11 is 0. The summed E-state index contributed by atoms with van der Waals surface area (Å²) in [6.07, 6.45) is 11.7. The first-order chi connectivity index (χ1) is 11.0. The lowest BCUT2D eigenvalue weighted by molar-refractivity contribution is -0.117. The van der Waals surface area contributed by atoms with Crippen LogP contribution in [-0.4, -0.2) is 5.78 Å². The molecular weight excluding hydrogens is 280 g/mol. The van der Waals surface area contributed by atoms with Crippen LogP contribution < -0.4 is 0 Å². The Balaban J connectivity index is 1.66. The fourth-order valence-corrected chi connectivity index (χ4v) is 6.97. The van der Waals surface area contributed by atoms with Crippen LogP contribution in [0.1, 0.15) is 72.1 Å². The average molecular weight is 310 g/mol. The van der Waals surface area contributed by atoms with Gasteiger partial charge in [-0.25, -0.2) is 0 Å². The zero-order valence-corrected chi connectivity index (χ0v) is 15.0. The zero-order chi connectivity index (χ0) is 16.2. The summed E-state index contributed by atoms with van der Waals surface area (Å²) in [5.41, 5.74) is 2.25. The molecule has 3 fully saturated rings. The Morgan fingerprint density at radius 2 is 1.87 bits per heavy atom. The van der Waals surface area contributed by atoms with Gasteiger partial charge in [0.1, 0.15) is 0 Å². The molecule has 1 nitrogen and oxygen atoms in total. The predicted octanol–water partition coefficient (Wildman–Crippen LogP) is 5.16. The van der Waals surface area contributed by atoms with E-state index in [1.807, 2.05) is 13.0 Å². The molecule has 0 radical (unpaired) electrons. The monoisotopic (exact) mass is 310 g/mol. The molecule has 1 heteroatoms. The molecule has 0 heterocycles. The smallest absolute Gasteiger partial charge is 0.155 e. The molecule has 0 aromatic carbocycles. The minimum atomic E-state index is 0.312. The summed E-state index contributed by atoms with van der Waals surface area (Å²) in [5, 5.41) is 0. The lowest BCUT2D eigenvalue weighted by atomic mass is 9.47. The molecule has 0 amide bonds. The number of hydrogen-bond donors (Lipinski definition) is 0. The van der Waals surface area contributed by atoms with E-state index in [0.717, 1.165) is 30.6 Å². The number of carbonyl (C=O) groups excluding carboxylic acids is 1. The molecule has 0 saturated heterocycles. The largest absolute Gasteiger partial charge is 0.295 e. The van der Waals surface area contributed by atoms with E-state index in [4.69, 9.17) is 0 Å². The fourth-order valence-electron chi connectivity index (χ4n) is 6.97. The summed E-state index contributed by atoms with van der Waals surface area (Å²) in [4.78, 5) is 11.9. The quantitative estimate of drug-likeness (QED) is 0.565. The molecule has 0 aromatic rings. The van der Waals surface area contributed by atoms with Gasteiger partial charge in [0.15, 0.2) is 5.78 Å². The van der Waals surface area contributed by atoms with Crippen molar-refractivity contribution < 1.29 is 4.79 Å². The van der Waals surface area contributed by atoms with E-state index in [2.05, 4.69) is 25.7 Å². The molecular formula is C22H30O. The molecule has 0 N–H and O–H groups in total. The number of rotatable bonds is 0. The Morgan fingerprint density at radius 3 is 2.65 bits per heavy atom. The van der Waals surface area contributed by atoms with Crippen molar-refractivity contribution in [2.75, 3.05) is 0 Å². The van der Waals surface area contributed by atoms with Gasteiger partial charge in [0, 0.05) is 12.3 Å². The fraction of sp³-hybridized carbons (Fsp3) is 0.773. The van der Waals surface area contributed by atoms with E-state index in [0.29, 0.717) is 22.5 Å². The Hall–Kier alpha value is -1.03. The molecule has 1 unspecified atom stereocenters. The van der Waals surface area contributed by atoms with Gasteiger partial charge in [-0.3, -0.25) is 4.79 Å². The SMILES string of the molecule is CC#CC1CC[C@H]2[C@@H]3CCC4=CC(=O)CC[C@]4(C)[C@H]3CC[C@]12C. The first-order valence-corrected chi connectivity index (χ1v) is 9.65. The Labute approximate surface area is 141 Å². The zero-order valence-electron chi connectivity index (χ0n) is 15.0. The van der Waals surface area contributed by atoms with E-state index in [-0.39, 0.29) is 0 Å². The van der Waals surface area contributed by atoms with E-state index in [1.165, 1.54) is 44.1 Å². The number of ketones is 1. The van der Waals surface area contributed by atoms with Gasteiger partial charge in [-0.2, -0.15) is 0 Å². The van der Waals surface area contributed by atoms with Gasteiger partial charge < -0.3 is 0 Å². The molecule has 0 aliphatic heterocycles. The van der Waals surface area contributed by atoms with Crippen LogP contribution in [0.15, 0.2) is 11.6 Å². The Morgan fingerprint density at radius 1 is 1.04 bits per heavy atom. The summed E-state index contributed by atoms with van der Waals surface area (Å²) in [7, 11) is 0. The van der Waals surface area contributed by atoms with Crippen LogP contribution in [0.4, 0.5) is 0 Å². The van der Waals surface area contributed by atoms with Crippen molar-refractivity contribution in [1.82, 2.24) is 0 Å². The molecule has 3 saturated carbocycles. The number of hydrogen-bond acceptors (Lipinski definition) is 1. The second-order valence-electron chi connectivity index (χ2n) is 9.04. The molecule has 0 spiro atoms. The minimum absolute atomic E-state index is 0.312. The van der Waals surface area contributed by atoms with Crippen molar-refractivity contribution >= 4 is 5.78 Å². The van der Waals surface area contributed by atoms with Gasteiger partial charge in [-0.15, -0.1) is 5.92 Å². The van der Waals surface area contributed by atoms with Gasteiger partial charge in [-0.05, 0) is 86.5 Å². The van der Waals surface area contributed by atoms with Crippen LogP contribution in [0.2, 0.25) is 0 Å². The molecule has 4 aliphatic rings. The topological polar surface area (TPSA) is 17.1 Å². The second-order valence-corrected chi connectivity index (χ2v) is 9.04. The van der Waals surface area contributed by atoms with Gasteiger partial charge in [-0.1, -0.05) is 25.3 Å². The van der Waals surface area contributed by atoms with Crippen molar-refractivity contribution in [2.45, 2.75) is 72.1 Å². The lowest BCUT2D eigenvalue weighted by Crippen LogP contribution is -2.50. The Kier molecular flexibility index (Phi) is 3.53. The molecule has 4 aliphatic carbocycles. The molecule has 0 aromatic heterocycles. The predicted molar refractivity (Wildman–Crippen MR) is 93.7 cm³/mol. The molecule has 6 atom stereocenters. The number of fused-ring (bicyclic) bond motifs is 5. The molecule has 4 rings (SSSR count). The van der Waals surface area contributed by atoms with Crippen molar-refractivity contribution in [2.24, 2.45) is 34.5 Å². The molecule has 0 bridgehead atoms. The standard InChI is InChI=1S/C22H30O/c1-4-5-15-7-9-19-18-8-6-16-14-17(23)10-12-22(16,3)20(18)11-13-21(15,19)2/h14-15,18-20H,6-13H2,1-3H3/t15?,18-,19-,20-,21+,22-/m0/s1. The second kappa shape index (κ2) is 5.23. The maximum absolute atomic E-state index is 11.9. The summed E-state index contributed by atoms with van der Waals surface area (Å²) in [5.74, 6) is 10.3. The van der Waals surface area contributed by atoms with E-state index in [1.54, 1.807) is 0 Å². The third kappa shape index (κ3) is 2.10. The normalized spacial score (nSPS) is 48.5. The number of carbonyl (C=O) groups is 1. The van der Waals surface area contributed by atoms with Crippen LogP contribution in [0.25, 0.3) is 0 Å². The van der Waals surface area contributed by atoms with Gasteiger partial charge in [0.2, 0.25) is 0 Å². The van der Waals surface area contributed by atoms with Crippen LogP contribution in [-0.2, 0) is 4.79 Å². The lowest BCUT2D eigenvalue weighted by Gasteiger charge is -2.57. The third-order valence-electron chi connectivity index (χ3n) is 8.28. The van der Waals surface area contributed by atoms with Crippen molar-refractivity contribution in [3.05, 3.63) is 11.6 Å². The summed E-state index contributed by atoms with van der Waals surface area (Å²) in [6.45, 7) is 7.01. The van der Waals surface area contributed by atoms with Crippen molar-refractivity contribution in [3.8, 4) is 11.8 Å². The number of allylic oxidation sites excluding steroid dienone is 1. The summed E-state index contributed by atoms with van der Waals surface area (Å²) in [6, 6.07) is 0. The van der Waals surface area contributed by atoms with Crippen molar-refractivity contribution in [1.29, 1.82) is 0 Å². The highest BCUT2D eigenvalue weighted by Gasteiger charge is 2.58. The van der Waals surface area contributed by atoms with E-state index < -0.39 is 0 Å². The van der Waals surface area contributed by atoms with Crippen LogP contribution in [0.5, 0.6) is 0 Å². The van der Waals surface area contributed by atoms with E-state index >= 15 is 0 Å². The van der Waals surface area contributed by atoms with Crippen LogP contribution >= 0.6 is 0 Å². The highest BCUT2D eigenvalue weighted by molar-refractivity contribution is 5.91. The van der Waals surface area contributed by atoms with Gasteiger partial charge in [0.25, 0.3) is 0 Å². The van der Waals surface area contributed by atoms with Gasteiger partial charge in [0.05, 0.1) is 0 Å². The van der Waals surface area contributed by atoms with Crippen LogP contribution in [0, 0.1) is 46.3 Å². The van der Waals surface area contributed by atoms with Crippen LogP contribution in [0.3, 0.4) is 0 Å². The van der Waals surface area contributed by atoms with Gasteiger partial charge >= 0.3 is 0 Å². The molecule has 124 valence electrons. The maximum atomic E-state index is 11.9. The Bertz CT molecular complexity index is 618. The van der Waals surface area contributed by atoms with Crippen molar-refractivity contribution in [3.63, 3.8) is 0 Å². The average Bonchev–Trinajstić information content (AvgIpc) is 2.85. The maximum Gasteiger partial charge on any atom is 0.155 e. The third-order valence-corrected chi connectivity index (χ3v) is 8.28. The molecule has 23 heavy (non-hydrogen) atoms. The highest BCUT2D eigenvalue weighted by atomic mass is 16.1. The van der Waals surface area contributed by atoms with E-state index in [9.17, 15) is 4.79 Å². The first-order valence-electron chi connectivity index (χ1n) is 9.65. The summed E-state index contributed by atoms with van der Waals surface area (Å²) < 4.78 is 0. The highest BCUT2D eigenvalue weighted by Crippen LogP contribution is 2.66. The first kappa shape index (κ1) is 15.5.